The number of benzene rings is 1. The van der Waals surface area contributed by atoms with Gasteiger partial charge in [0.1, 0.15) is 0 Å². The number of anilines is 1. The van der Waals surface area contributed by atoms with E-state index >= 15 is 0 Å². The smallest absolute Gasteiger partial charge is 0.255 e. The molecule has 3 atom stereocenters. The summed E-state index contributed by atoms with van der Waals surface area (Å²) in [7, 11) is 1.93. The molecule has 3 heteroatoms. The quantitative estimate of drug-likeness (QED) is 0.892. The van der Waals surface area contributed by atoms with Crippen molar-refractivity contribution in [3.63, 3.8) is 0 Å². The van der Waals surface area contributed by atoms with Gasteiger partial charge in [-0.3, -0.25) is 4.79 Å². The number of nitrogens with one attached hydrogen (secondary N) is 2. The van der Waals surface area contributed by atoms with E-state index in [2.05, 4.69) is 36.6 Å². The predicted molar refractivity (Wildman–Crippen MR) is 91.2 cm³/mol. The first-order valence-corrected chi connectivity index (χ1v) is 8.09. The molecular formula is C19H24N2O. The maximum atomic E-state index is 12.4. The van der Waals surface area contributed by atoms with Gasteiger partial charge in [-0.15, -0.1) is 0 Å². The molecule has 3 nitrogen and oxygen atoms in total. The number of likely N-dealkylation sites (N-methyl/N-ethyl adjacent to an activating group) is 1. The highest BCUT2D eigenvalue weighted by molar-refractivity contribution is 6.06. The van der Waals surface area contributed by atoms with E-state index in [0.29, 0.717) is 17.9 Å². The molecule has 0 fully saturated rings. The monoisotopic (exact) mass is 296 g/mol. The fourth-order valence-corrected chi connectivity index (χ4v) is 3.52. The minimum absolute atomic E-state index is 0.0237. The minimum atomic E-state index is -0.0237. The zero-order valence-corrected chi connectivity index (χ0v) is 13.5. The van der Waals surface area contributed by atoms with Gasteiger partial charge in [0.15, 0.2) is 0 Å². The molecule has 1 aromatic carbocycles. The average Bonchev–Trinajstić information content (AvgIpc) is 2.81. The van der Waals surface area contributed by atoms with Gasteiger partial charge < -0.3 is 10.6 Å². The average molecular weight is 296 g/mol. The van der Waals surface area contributed by atoms with Crippen LogP contribution in [-0.4, -0.2) is 19.0 Å². The van der Waals surface area contributed by atoms with Gasteiger partial charge in [0.25, 0.3) is 5.91 Å². The number of hydrogen-bond donors (Lipinski definition) is 2. The van der Waals surface area contributed by atoms with Crippen LogP contribution in [0.25, 0.3) is 0 Å². The van der Waals surface area contributed by atoms with Crippen molar-refractivity contribution in [2.24, 2.45) is 0 Å². The van der Waals surface area contributed by atoms with Crippen LogP contribution in [0.4, 0.5) is 5.69 Å². The molecule has 2 aliphatic rings. The van der Waals surface area contributed by atoms with Crippen LogP contribution in [0.15, 0.2) is 42.0 Å². The number of hydrogen-bond acceptors (Lipinski definition) is 2. The highest BCUT2D eigenvalue weighted by atomic mass is 16.1. The Balaban J connectivity index is 1.72. The van der Waals surface area contributed by atoms with Crippen LogP contribution >= 0.6 is 0 Å². The number of amides is 1. The Morgan fingerprint density at radius 2 is 1.95 bits per heavy atom. The van der Waals surface area contributed by atoms with E-state index in [1.54, 1.807) is 0 Å². The number of fused-ring (bicyclic) bond motifs is 1. The third-order valence-electron chi connectivity index (χ3n) is 4.85. The second-order valence-corrected chi connectivity index (χ2v) is 6.49. The molecule has 0 heterocycles. The van der Waals surface area contributed by atoms with Gasteiger partial charge in [-0.25, -0.2) is 0 Å². The first-order valence-electron chi connectivity index (χ1n) is 8.09. The Bertz CT molecular complexity index is 645. The SMILES string of the molecule is CN[C@H]1C=CC(C(=O)Nc2ccc3c(c2)C(C)CC3C)=CC1. The number of rotatable bonds is 3. The third-order valence-corrected chi connectivity index (χ3v) is 4.85. The largest absolute Gasteiger partial charge is 0.322 e. The summed E-state index contributed by atoms with van der Waals surface area (Å²) in [6.07, 6.45) is 7.99. The standard InChI is InChI=1S/C19H24N2O/c1-12-10-13(2)18-11-16(8-9-17(12)18)21-19(22)14-4-6-15(20-3)7-5-14/h4-6,8-9,11-13,15,20H,7,10H2,1-3H3,(H,21,22)/t12?,13?,15-/m0/s1. The zero-order chi connectivity index (χ0) is 15.7. The fourth-order valence-electron chi connectivity index (χ4n) is 3.52. The first kappa shape index (κ1) is 15.0. The van der Waals surface area contributed by atoms with Crippen molar-refractivity contribution in [2.45, 2.75) is 44.6 Å². The second-order valence-electron chi connectivity index (χ2n) is 6.49. The molecule has 1 aromatic rings. The van der Waals surface area contributed by atoms with Crippen LogP contribution < -0.4 is 10.6 Å². The van der Waals surface area contributed by atoms with E-state index in [1.807, 2.05) is 31.3 Å². The molecule has 2 unspecified atom stereocenters. The summed E-state index contributed by atoms with van der Waals surface area (Å²) >= 11 is 0. The molecule has 116 valence electrons. The van der Waals surface area contributed by atoms with E-state index in [0.717, 1.165) is 17.7 Å². The lowest BCUT2D eigenvalue weighted by molar-refractivity contribution is -0.112. The Hall–Kier alpha value is -1.87. The van der Waals surface area contributed by atoms with Crippen LogP contribution in [0.1, 0.15) is 49.7 Å². The van der Waals surface area contributed by atoms with Crippen molar-refractivity contribution >= 4 is 11.6 Å². The Morgan fingerprint density at radius 1 is 1.18 bits per heavy atom. The number of carbonyl (C=O) groups excluding carboxylic acids is 1. The zero-order valence-electron chi connectivity index (χ0n) is 13.5. The van der Waals surface area contributed by atoms with E-state index in [-0.39, 0.29) is 5.91 Å². The van der Waals surface area contributed by atoms with Gasteiger partial charge in [0.05, 0.1) is 0 Å². The highest BCUT2D eigenvalue weighted by Gasteiger charge is 2.25. The lowest BCUT2D eigenvalue weighted by Crippen LogP contribution is -2.25. The summed E-state index contributed by atoms with van der Waals surface area (Å²) in [4.78, 5) is 12.4. The summed E-state index contributed by atoms with van der Waals surface area (Å²) in [5.41, 5.74) is 4.45. The minimum Gasteiger partial charge on any atom is -0.322 e. The normalized spacial score (nSPS) is 26.5. The number of carbonyl (C=O) groups is 1. The van der Waals surface area contributed by atoms with Crippen molar-refractivity contribution < 1.29 is 4.79 Å². The molecule has 0 aromatic heterocycles. The molecule has 1 amide bonds. The molecule has 3 rings (SSSR count). The van der Waals surface area contributed by atoms with Gasteiger partial charge in [-0.2, -0.15) is 0 Å². The highest BCUT2D eigenvalue weighted by Crippen LogP contribution is 2.42. The summed E-state index contributed by atoms with van der Waals surface area (Å²) in [5.74, 6) is 1.17. The van der Waals surface area contributed by atoms with Crippen LogP contribution in [0, 0.1) is 0 Å². The first-order chi connectivity index (χ1) is 10.6. The molecule has 22 heavy (non-hydrogen) atoms. The van der Waals surface area contributed by atoms with Gasteiger partial charge in [0.2, 0.25) is 0 Å². The van der Waals surface area contributed by atoms with Crippen molar-refractivity contribution in [3.05, 3.63) is 53.1 Å². The molecule has 0 radical (unpaired) electrons. The molecule has 0 bridgehead atoms. The fraction of sp³-hybridized carbons (Fsp3) is 0.421. The van der Waals surface area contributed by atoms with Crippen LogP contribution in [0.2, 0.25) is 0 Å². The summed E-state index contributed by atoms with van der Waals surface area (Å²) < 4.78 is 0. The molecule has 2 aliphatic carbocycles. The van der Waals surface area contributed by atoms with Crippen molar-refractivity contribution in [3.8, 4) is 0 Å². The summed E-state index contributed by atoms with van der Waals surface area (Å²) in [5, 5.41) is 6.22. The summed E-state index contributed by atoms with van der Waals surface area (Å²) in [6.45, 7) is 4.54. The van der Waals surface area contributed by atoms with Gasteiger partial charge >= 0.3 is 0 Å². The molecule has 0 aliphatic heterocycles. The maximum absolute atomic E-state index is 12.4. The van der Waals surface area contributed by atoms with Crippen molar-refractivity contribution in [1.29, 1.82) is 0 Å². The lowest BCUT2D eigenvalue weighted by Gasteiger charge is -2.15. The second kappa shape index (κ2) is 6.09. The van der Waals surface area contributed by atoms with Crippen LogP contribution in [0.5, 0.6) is 0 Å². The topological polar surface area (TPSA) is 41.1 Å². The summed E-state index contributed by atoms with van der Waals surface area (Å²) in [6, 6.07) is 6.67. The molecule has 2 N–H and O–H groups in total. The Labute approximate surface area is 132 Å². The Morgan fingerprint density at radius 3 is 2.64 bits per heavy atom. The molecular weight excluding hydrogens is 272 g/mol. The van der Waals surface area contributed by atoms with Crippen molar-refractivity contribution in [2.75, 3.05) is 12.4 Å². The van der Waals surface area contributed by atoms with Crippen molar-refractivity contribution in [1.82, 2.24) is 5.32 Å². The third kappa shape index (κ3) is 2.86. The van der Waals surface area contributed by atoms with E-state index in [9.17, 15) is 4.79 Å². The van der Waals surface area contributed by atoms with E-state index in [1.165, 1.54) is 17.5 Å². The predicted octanol–water partition coefficient (Wildman–Crippen LogP) is 3.71. The van der Waals surface area contributed by atoms with Crippen LogP contribution in [0.3, 0.4) is 0 Å². The van der Waals surface area contributed by atoms with Gasteiger partial charge in [-0.1, -0.05) is 38.1 Å². The maximum Gasteiger partial charge on any atom is 0.255 e. The Kier molecular flexibility index (Phi) is 4.16. The molecule has 0 saturated carbocycles. The van der Waals surface area contributed by atoms with E-state index in [4.69, 9.17) is 0 Å². The molecule has 0 spiro atoms. The van der Waals surface area contributed by atoms with Gasteiger partial charge in [-0.05, 0) is 55.0 Å². The van der Waals surface area contributed by atoms with Crippen LogP contribution in [-0.2, 0) is 4.79 Å². The lowest BCUT2D eigenvalue weighted by atomic mass is 10.0. The van der Waals surface area contributed by atoms with Gasteiger partial charge in [0, 0.05) is 17.3 Å². The molecule has 0 saturated heterocycles. The van der Waals surface area contributed by atoms with E-state index < -0.39 is 0 Å².